The van der Waals surface area contributed by atoms with E-state index in [0.717, 1.165) is 5.56 Å². The molecule has 0 heterocycles. The van der Waals surface area contributed by atoms with E-state index in [1.807, 2.05) is 25.1 Å². The molecule has 0 aromatic heterocycles. The molecule has 0 aliphatic carbocycles. The Morgan fingerprint density at radius 1 is 1.11 bits per heavy atom. The normalized spacial score (nSPS) is 11.9. The Labute approximate surface area is 112 Å². The predicted molar refractivity (Wildman–Crippen MR) is 73.5 cm³/mol. The molecule has 0 saturated heterocycles. The van der Waals surface area contributed by atoms with Gasteiger partial charge in [-0.25, -0.2) is 4.39 Å². The largest absolute Gasteiger partial charge is 0.349 e. The van der Waals surface area contributed by atoms with Crippen molar-refractivity contribution in [2.45, 2.75) is 19.4 Å². The van der Waals surface area contributed by atoms with Crippen LogP contribution in [0.3, 0.4) is 0 Å². The molecule has 0 aliphatic rings. The quantitative estimate of drug-likeness (QED) is 0.895. The molecular formula is C16H16FNO. The monoisotopic (exact) mass is 257 g/mol. The zero-order valence-electron chi connectivity index (χ0n) is 10.8. The van der Waals surface area contributed by atoms with Crippen LogP contribution in [-0.2, 0) is 6.42 Å². The summed E-state index contributed by atoms with van der Waals surface area (Å²) in [4.78, 5) is 11.9. The molecule has 1 N–H and O–H groups in total. The molecule has 98 valence electrons. The Morgan fingerprint density at radius 2 is 1.74 bits per heavy atom. The van der Waals surface area contributed by atoms with Crippen molar-refractivity contribution in [1.29, 1.82) is 0 Å². The number of benzene rings is 2. The zero-order chi connectivity index (χ0) is 13.7. The second kappa shape index (κ2) is 6.14. The highest BCUT2D eigenvalue weighted by molar-refractivity contribution is 5.94. The summed E-state index contributed by atoms with van der Waals surface area (Å²) in [5.74, 6) is -0.333. The van der Waals surface area contributed by atoms with Crippen LogP contribution in [0.2, 0.25) is 0 Å². The first-order chi connectivity index (χ1) is 9.15. The second-order valence-corrected chi connectivity index (χ2v) is 4.57. The second-order valence-electron chi connectivity index (χ2n) is 4.57. The van der Waals surface area contributed by atoms with E-state index in [-0.39, 0.29) is 17.8 Å². The minimum absolute atomic E-state index is 0.00170. The smallest absolute Gasteiger partial charge is 0.251 e. The van der Waals surface area contributed by atoms with E-state index in [1.54, 1.807) is 24.3 Å². The van der Waals surface area contributed by atoms with Gasteiger partial charge in [0.15, 0.2) is 0 Å². The predicted octanol–water partition coefficient (Wildman–Crippen LogP) is 3.19. The summed E-state index contributed by atoms with van der Waals surface area (Å²) in [6.07, 6.45) is 0.679. The summed E-state index contributed by atoms with van der Waals surface area (Å²) in [6, 6.07) is 15.4. The van der Waals surface area contributed by atoms with E-state index in [0.29, 0.717) is 12.0 Å². The van der Waals surface area contributed by atoms with E-state index >= 15 is 0 Å². The Kier molecular flexibility index (Phi) is 4.29. The molecule has 0 spiro atoms. The number of carbonyl (C=O) groups excluding carboxylic acids is 1. The van der Waals surface area contributed by atoms with Gasteiger partial charge in [0.05, 0.1) is 0 Å². The minimum Gasteiger partial charge on any atom is -0.349 e. The van der Waals surface area contributed by atoms with Crippen LogP contribution in [0.5, 0.6) is 0 Å². The molecule has 0 radical (unpaired) electrons. The molecule has 0 aliphatic heterocycles. The SMILES string of the molecule is CC(Cc1ccc(F)cc1)NC(=O)c1ccccc1. The third-order valence-corrected chi connectivity index (χ3v) is 2.87. The standard InChI is InChI=1S/C16H16FNO/c1-12(11-13-7-9-15(17)10-8-13)18-16(19)14-5-3-2-4-6-14/h2-10,12H,11H2,1H3,(H,18,19). The highest BCUT2D eigenvalue weighted by Gasteiger charge is 2.09. The van der Waals surface area contributed by atoms with Gasteiger partial charge in [0.2, 0.25) is 0 Å². The van der Waals surface area contributed by atoms with Gasteiger partial charge in [-0.3, -0.25) is 4.79 Å². The molecule has 19 heavy (non-hydrogen) atoms. The number of rotatable bonds is 4. The van der Waals surface area contributed by atoms with Crippen LogP contribution in [0.4, 0.5) is 4.39 Å². The van der Waals surface area contributed by atoms with E-state index in [1.165, 1.54) is 12.1 Å². The van der Waals surface area contributed by atoms with Crippen molar-refractivity contribution in [1.82, 2.24) is 5.32 Å². The average molecular weight is 257 g/mol. The van der Waals surface area contributed by atoms with Crippen molar-refractivity contribution in [2.24, 2.45) is 0 Å². The molecular weight excluding hydrogens is 241 g/mol. The van der Waals surface area contributed by atoms with Gasteiger partial charge in [-0.05, 0) is 43.2 Å². The first-order valence-corrected chi connectivity index (χ1v) is 6.25. The van der Waals surface area contributed by atoms with Gasteiger partial charge in [0.1, 0.15) is 5.82 Å². The third kappa shape index (κ3) is 3.91. The lowest BCUT2D eigenvalue weighted by Gasteiger charge is -2.14. The number of amides is 1. The zero-order valence-corrected chi connectivity index (χ0v) is 10.8. The minimum atomic E-state index is -0.246. The van der Waals surface area contributed by atoms with Crippen LogP contribution in [0.25, 0.3) is 0 Å². The van der Waals surface area contributed by atoms with Crippen LogP contribution in [0, 0.1) is 5.82 Å². The lowest BCUT2D eigenvalue weighted by atomic mass is 10.1. The Morgan fingerprint density at radius 3 is 2.37 bits per heavy atom. The fraction of sp³-hybridized carbons (Fsp3) is 0.188. The maximum atomic E-state index is 12.8. The summed E-state index contributed by atoms with van der Waals surface area (Å²) in [6.45, 7) is 1.93. The van der Waals surface area contributed by atoms with E-state index < -0.39 is 0 Å². The molecule has 1 unspecified atom stereocenters. The van der Waals surface area contributed by atoms with E-state index in [2.05, 4.69) is 5.32 Å². The summed E-state index contributed by atoms with van der Waals surface area (Å²) >= 11 is 0. The molecule has 0 bridgehead atoms. The van der Waals surface area contributed by atoms with Crippen LogP contribution >= 0.6 is 0 Å². The number of nitrogens with one attached hydrogen (secondary N) is 1. The summed E-state index contributed by atoms with van der Waals surface area (Å²) in [5.41, 5.74) is 1.65. The molecule has 1 amide bonds. The lowest BCUT2D eigenvalue weighted by molar-refractivity contribution is 0.0940. The van der Waals surface area contributed by atoms with Crippen molar-refractivity contribution in [3.05, 3.63) is 71.5 Å². The highest BCUT2D eigenvalue weighted by Crippen LogP contribution is 2.06. The van der Waals surface area contributed by atoms with Crippen molar-refractivity contribution >= 4 is 5.91 Å². The van der Waals surface area contributed by atoms with Crippen LogP contribution in [-0.4, -0.2) is 11.9 Å². The molecule has 2 aromatic carbocycles. The van der Waals surface area contributed by atoms with Gasteiger partial charge in [-0.15, -0.1) is 0 Å². The first kappa shape index (κ1) is 13.3. The van der Waals surface area contributed by atoms with Crippen molar-refractivity contribution < 1.29 is 9.18 Å². The number of carbonyl (C=O) groups is 1. The van der Waals surface area contributed by atoms with Gasteiger partial charge in [-0.2, -0.15) is 0 Å². The molecule has 0 saturated carbocycles. The van der Waals surface area contributed by atoms with Gasteiger partial charge < -0.3 is 5.32 Å². The maximum Gasteiger partial charge on any atom is 0.251 e. The summed E-state index contributed by atoms with van der Waals surface area (Å²) in [5, 5.41) is 2.93. The fourth-order valence-electron chi connectivity index (χ4n) is 1.92. The molecule has 2 rings (SSSR count). The average Bonchev–Trinajstić information content (AvgIpc) is 2.42. The van der Waals surface area contributed by atoms with Gasteiger partial charge in [0.25, 0.3) is 5.91 Å². The molecule has 2 nitrogen and oxygen atoms in total. The third-order valence-electron chi connectivity index (χ3n) is 2.87. The van der Waals surface area contributed by atoms with Crippen molar-refractivity contribution in [3.8, 4) is 0 Å². The number of hydrogen-bond acceptors (Lipinski definition) is 1. The van der Waals surface area contributed by atoms with Gasteiger partial charge >= 0.3 is 0 Å². The van der Waals surface area contributed by atoms with Gasteiger partial charge in [-0.1, -0.05) is 30.3 Å². The van der Waals surface area contributed by atoms with E-state index in [4.69, 9.17) is 0 Å². The molecule has 3 heteroatoms. The topological polar surface area (TPSA) is 29.1 Å². The Hall–Kier alpha value is -2.16. The Balaban J connectivity index is 1.92. The lowest BCUT2D eigenvalue weighted by Crippen LogP contribution is -2.34. The van der Waals surface area contributed by atoms with Crippen molar-refractivity contribution in [3.63, 3.8) is 0 Å². The van der Waals surface area contributed by atoms with Crippen LogP contribution < -0.4 is 5.32 Å². The van der Waals surface area contributed by atoms with Crippen molar-refractivity contribution in [2.75, 3.05) is 0 Å². The summed E-state index contributed by atoms with van der Waals surface area (Å²) < 4.78 is 12.8. The highest BCUT2D eigenvalue weighted by atomic mass is 19.1. The Bertz CT molecular complexity index is 536. The first-order valence-electron chi connectivity index (χ1n) is 6.25. The number of halogens is 1. The fourth-order valence-corrected chi connectivity index (χ4v) is 1.92. The summed E-state index contributed by atoms with van der Waals surface area (Å²) in [7, 11) is 0. The van der Waals surface area contributed by atoms with Crippen LogP contribution in [0.15, 0.2) is 54.6 Å². The molecule has 1 atom stereocenters. The number of hydrogen-bond donors (Lipinski definition) is 1. The maximum absolute atomic E-state index is 12.8. The molecule has 0 fully saturated rings. The van der Waals surface area contributed by atoms with Gasteiger partial charge in [0, 0.05) is 11.6 Å². The van der Waals surface area contributed by atoms with Crippen LogP contribution in [0.1, 0.15) is 22.8 Å². The molecule has 2 aromatic rings. The van der Waals surface area contributed by atoms with E-state index in [9.17, 15) is 9.18 Å².